The van der Waals surface area contributed by atoms with Crippen molar-refractivity contribution in [3.8, 4) is 0 Å². The Kier molecular flexibility index (Phi) is 6.07. The first kappa shape index (κ1) is 20.3. The van der Waals surface area contributed by atoms with Gasteiger partial charge < -0.3 is 21.6 Å². The topological polar surface area (TPSA) is 117 Å². The molecule has 142 valence electrons. The summed E-state index contributed by atoms with van der Waals surface area (Å²) in [6.45, 7) is 5.37. The highest BCUT2D eigenvalue weighted by atomic mass is 35.5. The van der Waals surface area contributed by atoms with Crippen LogP contribution in [0.5, 0.6) is 0 Å². The van der Waals surface area contributed by atoms with Gasteiger partial charge in [-0.3, -0.25) is 4.79 Å². The van der Waals surface area contributed by atoms with Crippen molar-refractivity contribution in [3.05, 3.63) is 64.2 Å². The number of anilines is 1. The molecule has 0 spiro atoms. The fourth-order valence-electron chi connectivity index (χ4n) is 2.50. The Bertz CT molecular complexity index is 910. The van der Waals surface area contributed by atoms with Crippen LogP contribution in [0.1, 0.15) is 42.3 Å². The van der Waals surface area contributed by atoms with E-state index in [1.54, 1.807) is 13.0 Å². The Labute approximate surface area is 162 Å². The molecule has 0 radical (unpaired) electrons. The molecule has 7 nitrogen and oxygen atoms in total. The summed E-state index contributed by atoms with van der Waals surface area (Å²) in [7, 11) is 0. The zero-order valence-corrected chi connectivity index (χ0v) is 16.0. The predicted octanol–water partition coefficient (Wildman–Crippen LogP) is 3.69. The average molecular weight is 389 g/mol. The first-order chi connectivity index (χ1) is 12.6. The normalized spacial score (nSPS) is 11.8. The third-order valence-corrected chi connectivity index (χ3v) is 4.40. The lowest BCUT2D eigenvalue weighted by atomic mass is 9.92. The zero-order valence-electron chi connectivity index (χ0n) is 15.2. The molecule has 5 N–H and O–H groups in total. The number of nitrogens with two attached hydrogens (primary N) is 1. The van der Waals surface area contributed by atoms with Gasteiger partial charge in [0.1, 0.15) is 0 Å². The number of primary amides is 1. The number of hydrogen-bond donors (Lipinski definition) is 4. The minimum Gasteiger partial charge on any atom is -0.411 e. The van der Waals surface area contributed by atoms with Crippen LogP contribution in [0.3, 0.4) is 0 Å². The molecule has 27 heavy (non-hydrogen) atoms. The van der Waals surface area contributed by atoms with Crippen LogP contribution in [0, 0.1) is 0 Å². The lowest BCUT2D eigenvalue weighted by Crippen LogP contribution is -2.43. The molecule has 0 heterocycles. The number of carbonyl (C=O) groups excluding carboxylic acids is 2. The number of halogens is 1. The summed E-state index contributed by atoms with van der Waals surface area (Å²) in [5.74, 6) is -0.679. The summed E-state index contributed by atoms with van der Waals surface area (Å²) in [5.41, 5.74) is 7.10. The van der Waals surface area contributed by atoms with Crippen LogP contribution in [0.15, 0.2) is 47.6 Å². The summed E-state index contributed by atoms with van der Waals surface area (Å²) in [6, 6.07) is 11.3. The average Bonchev–Trinajstić information content (AvgIpc) is 2.62. The van der Waals surface area contributed by atoms with Crippen LogP contribution < -0.4 is 16.4 Å². The number of oxime groups is 1. The highest BCUT2D eigenvalue weighted by Gasteiger charge is 2.23. The first-order valence-corrected chi connectivity index (χ1v) is 8.50. The number of carbonyl (C=O) groups is 2. The maximum absolute atomic E-state index is 12.4. The molecule has 8 heteroatoms. The Morgan fingerprint density at radius 1 is 1.19 bits per heavy atom. The van der Waals surface area contributed by atoms with Crippen LogP contribution in [-0.4, -0.2) is 22.9 Å². The molecule has 0 aliphatic carbocycles. The van der Waals surface area contributed by atoms with E-state index in [2.05, 4.69) is 15.8 Å². The molecule has 2 rings (SSSR count). The lowest BCUT2D eigenvalue weighted by Gasteiger charge is -2.27. The molecule has 3 amide bonds. The number of benzene rings is 2. The van der Waals surface area contributed by atoms with Crippen LogP contribution in [-0.2, 0) is 5.54 Å². The van der Waals surface area contributed by atoms with Crippen molar-refractivity contribution in [3.63, 3.8) is 0 Å². The summed E-state index contributed by atoms with van der Waals surface area (Å²) >= 11 is 5.91. The molecule has 0 bridgehead atoms. The number of nitrogens with one attached hydrogen (secondary N) is 2. The largest absolute Gasteiger partial charge is 0.411 e. The minimum atomic E-state index is -0.714. The number of amides is 3. The molecule has 0 aliphatic heterocycles. The first-order valence-electron chi connectivity index (χ1n) is 8.12. The highest BCUT2D eigenvalue weighted by Crippen LogP contribution is 2.23. The van der Waals surface area contributed by atoms with E-state index in [1.165, 1.54) is 12.1 Å². The minimum absolute atomic E-state index is 0.125. The van der Waals surface area contributed by atoms with Gasteiger partial charge in [-0.15, -0.1) is 0 Å². The standard InChI is InChI=1S/C19H21ClN4O3/c1-11(24-27)12-5-4-6-13(9-12)19(2,3)23-18(26)22-14-7-8-16(20)15(10-14)17(21)25/h4-10,27H,1-3H3,(H2,21,25)(H2,22,23,26)/b24-11-. The van der Waals surface area contributed by atoms with Gasteiger partial charge in [0.2, 0.25) is 5.91 Å². The van der Waals surface area contributed by atoms with Crippen LogP contribution >= 0.6 is 11.6 Å². The van der Waals surface area contributed by atoms with Crippen molar-refractivity contribution in [2.75, 3.05) is 5.32 Å². The molecule has 0 saturated carbocycles. The van der Waals surface area contributed by atoms with Gasteiger partial charge in [0.15, 0.2) is 0 Å². The summed E-state index contributed by atoms with van der Waals surface area (Å²) < 4.78 is 0. The van der Waals surface area contributed by atoms with Crippen molar-refractivity contribution >= 4 is 34.9 Å². The van der Waals surface area contributed by atoms with Gasteiger partial charge in [-0.05, 0) is 56.2 Å². The summed E-state index contributed by atoms with van der Waals surface area (Å²) in [4.78, 5) is 23.8. The molecule has 0 unspecified atom stereocenters. The van der Waals surface area contributed by atoms with Crippen LogP contribution in [0.2, 0.25) is 5.02 Å². The van der Waals surface area contributed by atoms with Gasteiger partial charge in [-0.2, -0.15) is 0 Å². The van der Waals surface area contributed by atoms with E-state index in [0.29, 0.717) is 11.4 Å². The van der Waals surface area contributed by atoms with Gasteiger partial charge in [-0.25, -0.2) is 4.79 Å². The second-order valence-corrected chi connectivity index (χ2v) is 6.94. The van der Waals surface area contributed by atoms with Crippen molar-refractivity contribution in [1.29, 1.82) is 0 Å². The van der Waals surface area contributed by atoms with Crippen LogP contribution in [0.25, 0.3) is 0 Å². The van der Waals surface area contributed by atoms with Gasteiger partial charge in [0.05, 0.1) is 21.8 Å². The van der Waals surface area contributed by atoms with Gasteiger partial charge in [0, 0.05) is 5.69 Å². The molecule has 2 aromatic rings. The van der Waals surface area contributed by atoms with Crippen molar-refractivity contribution in [1.82, 2.24) is 5.32 Å². The second kappa shape index (κ2) is 8.09. The fraction of sp³-hybridized carbons (Fsp3) is 0.211. The highest BCUT2D eigenvalue weighted by molar-refractivity contribution is 6.34. The molecular formula is C19H21ClN4O3. The number of urea groups is 1. The third kappa shape index (κ3) is 4.98. The number of nitrogens with zero attached hydrogens (tertiary/aromatic N) is 1. The smallest absolute Gasteiger partial charge is 0.319 e. The molecule has 0 aliphatic rings. The second-order valence-electron chi connectivity index (χ2n) is 6.53. The Hall–Kier alpha value is -3.06. The van der Waals surface area contributed by atoms with Crippen molar-refractivity contribution < 1.29 is 14.8 Å². The van der Waals surface area contributed by atoms with Crippen molar-refractivity contribution in [2.24, 2.45) is 10.9 Å². The maximum atomic E-state index is 12.4. The van der Waals surface area contributed by atoms with Gasteiger partial charge >= 0.3 is 6.03 Å². The predicted molar refractivity (Wildman–Crippen MR) is 106 cm³/mol. The Morgan fingerprint density at radius 2 is 1.89 bits per heavy atom. The molecule has 0 atom stereocenters. The lowest BCUT2D eigenvalue weighted by molar-refractivity contribution is 0.100. The van der Waals surface area contributed by atoms with E-state index in [9.17, 15) is 9.59 Å². The van der Waals surface area contributed by atoms with E-state index in [4.69, 9.17) is 22.5 Å². The van der Waals surface area contributed by atoms with E-state index in [-0.39, 0.29) is 10.6 Å². The number of rotatable bonds is 5. The maximum Gasteiger partial charge on any atom is 0.319 e. The number of hydrogen-bond acceptors (Lipinski definition) is 4. The van der Waals surface area contributed by atoms with Crippen LogP contribution in [0.4, 0.5) is 10.5 Å². The van der Waals surface area contributed by atoms with E-state index < -0.39 is 17.5 Å². The summed E-state index contributed by atoms with van der Waals surface area (Å²) in [5, 5.41) is 17.9. The van der Waals surface area contributed by atoms with E-state index in [1.807, 2.05) is 38.1 Å². The van der Waals surface area contributed by atoms with Gasteiger partial charge in [0.25, 0.3) is 0 Å². The van der Waals surface area contributed by atoms with E-state index in [0.717, 1.165) is 11.1 Å². The molecule has 2 aromatic carbocycles. The quantitative estimate of drug-likeness (QED) is 0.355. The Morgan fingerprint density at radius 3 is 2.52 bits per heavy atom. The monoisotopic (exact) mass is 388 g/mol. The Balaban J connectivity index is 2.17. The zero-order chi connectivity index (χ0) is 20.2. The molecule has 0 fully saturated rings. The van der Waals surface area contributed by atoms with Gasteiger partial charge in [-0.1, -0.05) is 35.0 Å². The third-order valence-electron chi connectivity index (χ3n) is 4.07. The molecule has 0 aromatic heterocycles. The summed E-state index contributed by atoms with van der Waals surface area (Å²) in [6.07, 6.45) is 0. The van der Waals surface area contributed by atoms with Crippen molar-refractivity contribution in [2.45, 2.75) is 26.3 Å². The molecular weight excluding hydrogens is 368 g/mol. The molecule has 0 saturated heterocycles. The SMILES string of the molecule is C/C(=N/O)c1cccc(C(C)(C)NC(=O)Nc2ccc(Cl)c(C(N)=O)c2)c1. The van der Waals surface area contributed by atoms with E-state index >= 15 is 0 Å². The fourth-order valence-corrected chi connectivity index (χ4v) is 2.71.